The Morgan fingerprint density at radius 3 is 2.29 bits per heavy atom. The molecule has 0 aliphatic heterocycles. The molecule has 6 nitrogen and oxygen atoms in total. The predicted octanol–water partition coefficient (Wildman–Crippen LogP) is 1.53. The van der Waals surface area contributed by atoms with Crippen molar-refractivity contribution in [3.63, 3.8) is 0 Å². The summed E-state index contributed by atoms with van der Waals surface area (Å²) < 4.78 is 29.2. The van der Waals surface area contributed by atoms with Crippen LogP contribution in [-0.4, -0.2) is 49.3 Å². The van der Waals surface area contributed by atoms with Gasteiger partial charge in [-0.15, -0.1) is 0 Å². The summed E-state index contributed by atoms with van der Waals surface area (Å²) in [5, 5.41) is 4.27. The molecule has 0 unspecified atom stereocenters. The van der Waals surface area contributed by atoms with Crippen molar-refractivity contribution in [2.24, 2.45) is 0 Å². The molecule has 0 aliphatic rings. The largest absolute Gasteiger partial charge is 0.304 e. The van der Waals surface area contributed by atoms with E-state index in [-0.39, 0.29) is 0 Å². The number of nitrogens with one attached hydrogen (secondary N) is 1. The molecule has 0 saturated heterocycles. The zero-order valence-electron chi connectivity index (χ0n) is 13.8. The number of rotatable bonds is 9. The molecule has 0 spiro atoms. The first-order chi connectivity index (χ1) is 9.87. The van der Waals surface area contributed by atoms with Crippen molar-refractivity contribution in [3.8, 4) is 0 Å². The second-order valence-electron chi connectivity index (χ2n) is 5.09. The third kappa shape index (κ3) is 4.52. The van der Waals surface area contributed by atoms with E-state index in [4.69, 9.17) is 0 Å². The molecule has 1 aromatic rings. The van der Waals surface area contributed by atoms with Crippen LogP contribution in [0.1, 0.15) is 38.6 Å². The molecule has 0 atom stereocenters. The summed E-state index contributed by atoms with van der Waals surface area (Å²) in [6, 6.07) is 0. The van der Waals surface area contributed by atoms with Crippen molar-refractivity contribution in [1.82, 2.24) is 19.4 Å². The predicted molar refractivity (Wildman–Crippen MR) is 85.0 cm³/mol. The molecular weight excluding hydrogens is 288 g/mol. The highest BCUT2D eigenvalue weighted by molar-refractivity contribution is 7.89. The minimum Gasteiger partial charge on any atom is -0.304 e. The van der Waals surface area contributed by atoms with Crippen LogP contribution >= 0.6 is 0 Å². The summed E-state index contributed by atoms with van der Waals surface area (Å²) in [6.45, 7) is 13.7. The van der Waals surface area contributed by atoms with E-state index in [1.165, 1.54) is 0 Å². The molecule has 1 rings (SSSR count). The Hall–Kier alpha value is -0.920. The van der Waals surface area contributed by atoms with Gasteiger partial charge >= 0.3 is 0 Å². The van der Waals surface area contributed by atoms with Crippen molar-refractivity contribution in [3.05, 3.63) is 11.4 Å². The zero-order chi connectivity index (χ0) is 16.0. The van der Waals surface area contributed by atoms with Gasteiger partial charge in [0.2, 0.25) is 10.0 Å². The van der Waals surface area contributed by atoms with Crippen molar-refractivity contribution in [2.45, 2.75) is 52.5 Å². The molecule has 0 fully saturated rings. The van der Waals surface area contributed by atoms with E-state index in [1.807, 2.05) is 6.92 Å². The first-order valence-electron chi connectivity index (χ1n) is 7.63. The minimum atomic E-state index is -3.47. The van der Waals surface area contributed by atoms with Crippen LogP contribution in [0.4, 0.5) is 0 Å². The lowest BCUT2D eigenvalue weighted by molar-refractivity contribution is 0.300. The first-order valence-corrected chi connectivity index (χ1v) is 9.11. The standard InChI is InChI=1S/C14H28N4O2S/c1-6-17(7-2)11-9-10-15-21(19,20)14-12(4)16-18(8-3)13(14)5/h15H,6-11H2,1-5H3. The average Bonchev–Trinajstić information content (AvgIpc) is 2.74. The van der Waals surface area contributed by atoms with E-state index in [9.17, 15) is 8.42 Å². The van der Waals surface area contributed by atoms with E-state index in [2.05, 4.69) is 28.6 Å². The Morgan fingerprint density at radius 2 is 1.81 bits per heavy atom. The van der Waals surface area contributed by atoms with Gasteiger partial charge in [0.25, 0.3) is 0 Å². The van der Waals surface area contributed by atoms with Gasteiger partial charge in [-0.3, -0.25) is 4.68 Å². The van der Waals surface area contributed by atoms with Crippen LogP contribution in [0.2, 0.25) is 0 Å². The summed E-state index contributed by atoms with van der Waals surface area (Å²) in [7, 11) is -3.47. The van der Waals surface area contributed by atoms with Gasteiger partial charge in [0.15, 0.2) is 0 Å². The molecule has 122 valence electrons. The van der Waals surface area contributed by atoms with Crippen molar-refractivity contribution in [2.75, 3.05) is 26.2 Å². The molecule has 7 heteroatoms. The second-order valence-corrected chi connectivity index (χ2v) is 6.80. The Bertz CT molecular complexity index is 548. The van der Waals surface area contributed by atoms with Crippen LogP contribution in [0.5, 0.6) is 0 Å². The maximum absolute atomic E-state index is 12.4. The van der Waals surface area contributed by atoms with Gasteiger partial charge in [-0.1, -0.05) is 13.8 Å². The molecule has 0 bridgehead atoms. The molecule has 0 aliphatic carbocycles. The smallest absolute Gasteiger partial charge is 0.244 e. The van der Waals surface area contributed by atoms with E-state index >= 15 is 0 Å². The fraction of sp³-hybridized carbons (Fsp3) is 0.786. The average molecular weight is 316 g/mol. The Morgan fingerprint density at radius 1 is 1.19 bits per heavy atom. The summed E-state index contributed by atoms with van der Waals surface area (Å²) in [4.78, 5) is 2.60. The molecule has 1 N–H and O–H groups in total. The molecule has 21 heavy (non-hydrogen) atoms. The normalized spacial score (nSPS) is 12.3. The lowest BCUT2D eigenvalue weighted by Gasteiger charge is -2.17. The second kappa shape index (κ2) is 7.91. The van der Waals surface area contributed by atoms with Gasteiger partial charge in [0, 0.05) is 13.1 Å². The third-order valence-electron chi connectivity index (χ3n) is 3.72. The van der Waals surface area contributed by atoms with Crippen LogP contribution in [-0.2, 0) is 16.6 Å². The fourth-order valence-corrected chi connectivity index (χ4v) is 3.98. The Labute approximate surface area is 128 Å². The maximum Gasteiger partial charge on any atom is 0.244 e. The van der Waals surface area contributed by atoms with Gasteiger partial charge in [-0.2, -0.15) is 5.10 Å². The van der Waals surface area contributed by atoms with Gasteiger partial charge in [0.05, 0.1) is 11.4 Å². The highest BCUT2D eigenvalue weighted by Crippen LogP contribution is 2.18. The zero-order valence-corrected chi connectivity index (χ0v) is 14.6. The van der Waals surface area contributed by atoms with E-state index in [0.717, 1.165) is 26.1 Å². The highest BCUT2D eigenvalue weighted by Gasteiger charge is 2.23. The number of aryl methyl sites for hydroxylation is 2. The van der Waals surface area contributed by atoms with Crippen molar-refractivity contribution >= 4 is 10.0 Å². The lowest BCUT2D eigenvalue weighted by atomic mass is 10.4. The summed E-state index contributed by atoms with van der Waals surface area (Å²) in [6.07, 6.45) is 0.806. The molecule has 1 aromatic heterocycles. The van der Waals surface area contributed by atoms with Gasteiger partial charge in [0.1, 0.15) is 4.90 Å². The van der Waals surface area contributed by atoms with Gasteiger partial charge in [-0.05, 0) is 46.8 Å². The van der Waals surface area contributed by atoms with E-state index in [0.29, 0.717) is 29.4 Å². The molecular formula is C14H28N4O2S. The molecule has 0 saturated carbocycles. The number of sulfonamides is 1. The molecule has 1 heterocycles. The van der Waals surface area contributed by atoms with Crippen molar-refractivity contribution in [1.29, 1.82) is 0 Å². The Balaban J connectivity index is 2.68. The Kier molecular flexibility index (Phi) is 6.83. The van der Waals surface area contributed by atoms with Gasteiger partial charge < -0.3 is 4.90 Å². The van der Waals surface area contributed by atoms with Crippen LogP contribution < -0.4 is 4.72 Å². The van der Waals surface area contributed by atoms with Crippen LogP contribution in [0.25, 0.3) is 0 Å². The topological polar surface area (TPSA) is 67.2 Å². The lowest BCUT2D eigenvalue weighted by Crippen LogP contribution is -2.30. The SMILES string of the molecule is CCN(CC)CCCNS(=O)(=O)c1c(C)nn(CC)c1C. The summed E-state index contributed by atoms with van der Waals surface area (Å²) >= 11 is 0. The molecule has 0 radical (unpaired) electrons. The molecule has 0 amide bonds. The quantitative estimate of drug-likeness (QED) is 0.702. The minimum absolute atomic E-state index is 0.326. The van der Waals surface area contributed by atoms with Crippen LogP contribution in [0.15, 0.2) is 4.90 Å². The summed E-state index contributed by atoms with van der Waals surface area (Å²) in [5.74, 6) is 0. The first kappa shape index (κ1) is 18.1. The summed E-state index contributed by atoms with van der Waals surface area (Å²) in [5.41, 5.74) is 1.26. The number of nitrogens with zero attached hydrogens (tertiary/aromatic N) is 3. The fourth-order valence-electron chi connectivity index (χ4n) is 2.50. The van der Waals surface area contributed by atoms with Gasteiger partial charge in [-0.25, -0.2) is 13.1 Å². The monoisotopic (exact) mass is 316 g/mol. The van der Waals surface area contributed by atoms with Crippen LogP contribution in [0, 0.1) is 13.8 Å². The van der Waals surface area contributed by atoms with Crippen molar-refractivity contribution < 1.29 is 8.42 Å². The maximum atomic E-state index is 12.4. The van der Waals surface area contributed by atoms with E-state index in [1.54, 1.807) is 18.5 Å². The number of hydrogen-bond acceptors (Lipinski definition) is 4. The number of hydrogen-bond donors (Lipinski definition) is 1. The molecule has 0 aromatic carbocycles. The number of aromatic nitrogens is 2. The van der Waals surface area contributed by atoms with Crippen LogP contribution in [0.3, 0.4) is 0 Å². The third-order valence-corrected chi connectivity index (χ3v) is 5.43. The van der Waals surface area contributed by atoms with E-state index < -0.39 is 10.0 Å². The highest BCUT2D eigenvalue weighted by atomic mass is 32.2.